The summed E-state index contributed by atoms with van der Waals surface area (Å²) in [6, 6.07) is 17.6. The average molecular weight is 566 g/mol. The summed E-state index contributed by atoms with van der Waals surface area (Å²) in [6.07, 6.45) is -1.93. The van der Waals surface area contributed by atoms with Crippen molar-refractivity contribution in [3.8, 4) is 0 Å². The van der Waals surface area contributed by atoms with E-state index in [0.29, 0.717) is 16.3 Å². The van der Waals surface area contributed by atoms with Crippen molar-refractivity contribution in [2.24, 2.45) is 11.3 Å². The molecule has 0 spiro atoms. The Morgan fingerprint density at radius 3 is 2.45 bits per heavy atom. The molecule has 0 unspecified atom stereocenters. The number of carboxylic acid groups (broad SMARTS) is 1. The van der Waals surface area contributed by atoms with E-state index in [9.17, 15) is 24.6 Å². The number of β-amino-alcohol motifs (C(OH)–C–C–N with tert-alkyl or cyclic N) is 1. The van der Waals surface area contributed by atoms with Gasteiger partial charge in [-0.15, -0.1) is 9.60 Å². The number of fused-ring (bicyclic) bond motifs is 2. The molecule has 0 aliphatic carbocycles. The number of Topliss-reactive ketones (excluding diaryl/α,β-unsaturated/α-hetero) is 1. The molecule has 3 aromatic rings. The van der Waals surface area contributed by atoms with E-state index in [4.69, 9.17) is 16.3 Å². The van der Waals surface area contributed by atoms with E-state index in [-0.39, 0.29) is 25.6 Å². The van der Waals surface area contributed by atoms with Gasteiger partial charge in [0.1, 0.15) is 18.4 Å². The minimum atomic E-state index is -1.42. The molecule has 9 heteroatoms. The average Bonchev–Trinajstić information content (AvgIpc) is 3.20. The number of aliphatic hydroxyl groups excluding tert-OH is 1. The van der Waals surface area contributed by atoms with Crippen molar-refractivity contribution in [3.63, 3.8) is 0 Å². The fourth-order valence-corrected chi connectivity index (χ4v) is 6.65. The molecule has 2 heterocycles. The number of ketones is 1. The molecule has 210 valence electrons. The predicted molar refractivity (Wildman–Crippen MR) is 153 cm³/mol. The number of ether oxygens (including phenoxy) is 1. The van der Waals surface area contributed by atoms with Gasteiger partial charge in [0.15, 0.2) is 18.3 Å². The largest absolute Gasteiger partial charge is 0.480 e. The van der Waals surface area contributed by atoms with Gasteiger partial charge in [-0.25, -0.2) is 4.79 Å². The van der Waals surface area contributed by atoms with Crippen LogP contribution < -0.4 is 4.59 Å². The number of amides is 1. The van der Waals surface area contributed by atoms with Crippen LogP contribution >= 0.6 is 11.6 Å². The van der Waals surface area contributed by atoms with Gasteiger partial charge in [-0.05, 0) is 35.4 Å². The SMILES string of the molecule is CC(=O)[C@H]1[C@@H](C(=O)O)N([N@+]2(CC(C)(C)C)C(=O)CO[C@H](c3cccc4ccccc34)c3cc(Cl)ccc32)C[C@@H]1O. The lowest BCUT2D eigenvalue weighted by molar-refractivity contribution is -0.166. The molecule has 3 aromatic carbocycles. The third-order valence-electron chi connectivity index (χ3n) is 7.88. The van der Waals surface area contributed by atoms with Crippen LogP contribution in [0, 0.1) is 11.3 Å². The van der Waals surface area contributed by atoms with Crippen LogP contribution in [0.3, 0.4) is 0 Å². The maximum Gasteiger partial charge on any atom is 0.363 e. The molecule has 5 atom stereocenters. The molecule has 1 fully saturated rings. The van der Waals surface area contributed by atoms with Crippen molar-refractivity contribution in [1.29, 1.82) is 0 Å². The van der Waals surface area contributed by atoms with Crippen LogP contribution in [0.1, 0.15) is 44.9 Å². The van der Waals surface area contributed by atoms with Crippen LogP contribution in [0.25, 0.3) is 10.8 Å². The molecule has 0 radical (unpaired) electrons. The Labute approximate surface area is 238 Å². The molecule has 40 heavy (non-hydrogen) atoms. The second-order valence-corrected chi connectivity index (χ2v) is 12.4. The Balaban J connectivity index is 1.81. The van der Waals surface area contributed by atoms with E-state index in [0.717, 1.165) is 16.3 Å². The number of aliphatic carboxylic acids is 1. The normalized spacial score (nSPS) is 27.4. The first-order valence-electron chi connectivity index (χ1n) is 13.3. The van der Waals surface area contributed by atoms with Gasteiger partial charge in [0.05, 0.1) is 24.1 Å². The predicted octanol–water partition coefficient (Wildman–Crippen LogP) is 4.74. The van der Waals surface area contributed by atoms with E-state index in [1.165, 1.54) is 11.9 Å². The van der Waals surface area contributed by atoms with Gasteiger partial charge in [-0.2, -0.15) is 0 Å². The van der Waals surface area contributed by atoms with Gasteiger partial charge >= 0.3 is 11.9 Å². The lowest BCUT2D eigenvalue weighted by Gasteiger charge is -2.45. The Kier molecular flexibility index (Phi) is 7.35. The molecule has 2 N–H and O–H groups in total. The number of carbonyl (C=O) groups excluding carboxylic acids is 2. The maximum absolute atomic E-state index is 14.5. The number of hydrogen-bond donors (Lipinski definition) is 2. The van der Waals surface area contributed by atoms with Gasteiger partial charge in [0.2, 0.25) is 0 Å². The number of carbonyl (C=O) groups is 3. The van der Waals surface area contributed by atoms with E-state index in [1.54, 1.807) is 18.2 Å². The number of hydrogen-bond acceptors (Lipinski definition) is 6. The monoisotopic (exact) mass is 565 g/mol. The van der Waals surface area contributed by atoms with Gasteiger partial charge in [0.25, 0.3) is 0 Å². The molecule has 1 amide bonds. The Hall–Kier alpha value is -3.14. The fourth-order valence-electron chi connectivity index (χ4n) is 6.47. The summed E-state index contributed by atoms with van der Waals surface area (Å²) in [4.78, 5) is 39.8. The zero-order valence-electron chi connectivity index (χ0n) is 23.0. The van der Waals surface area contributed by atoms with E-state index < -0.39 is 45.9 Å². The highest BCUT2D eigenvalue weighted by molar-refractivity contribution is 6.30. The first-order chi connectivity index (χ1) is 18.8. The van der Waals surface area contributed by atoms with E-state index in [2.05, 4.69) is 0 Å². The number of nitrogens with zero attached hydrogens (tertiary/aromatic N) is 2. The first-order valence-corrected chi connectivity index (χ1v) is 13.7. The molecule has 2 aliphatic heterocycles. The summed E-state index contributed by atoms with van der Waals surface area (Å²) >= 11 is 6.55. The summed E-state index contributed by atoms with van der Waals surface area (Å²) in [5.74, 6) is -3.29. The second-order valence-electron chi connectivity index (χ2n) is 12.0. The van der Waals surface area contributed by atoms with Gasteiger partial charge in [-0.1, -0.05) is 74.8 Å². The quantitative estimate of drug-likeness (QED) is 0.430. The lowest BCUT2D eigenvalue weighted by Crippen LogP contribution is -2.71. The number of quaternary nitrogens is 1. The van der Waals surface area contributed by atoms with Crippen molar-refractivity contribution in [3.05, 3.63) is 76.8 Å². The molecule has 0 saturated carbocycles. The third kappa shape index (κ3) is 4.74. The summed E-state index contributed by atoms with van der Waals surface area (Å²) in [7, 11) is 0. The fraction of sp³-hybridized carbons (Fsp3) is 0.387. The Morgan fingerprint density at radius 2 is 1.77 bits per heavy atom. The summed E-state index contributed by atoms with van der Waals surface area (Å²) in [6.45, 7) is 6.85. The highest BCUT2D eigenvalue weighted by atomic mass is 35.5. The lowest BCUT2D eigenvalue weighted by atomic mass is 9.91. The molecule has 5 rings (SSSR count). The number of halogens is 1. The highest BCUT2D eigenvalue weighted by Crippen LogP contribution is 2.47. The van der Waals surface area contributed by atoms with Gasteiger partial charge in [-0.3, -0.25) is 9.59 Å². The minimum Gasteiger partial charge on any atom is -0.480 e. The van der Waals surface area contributed by atoms with Crippen molar-refractivity contribution in [2.45, 2.75) is 45.9 Å². The standard InChI is InChI=1S/C31H33ClN2O6/c1-18(35)27-25(36)15-33(28(27)30(38)39)34(17-31(2,3)4)24-13-12-20(32)14-23(24)29(40-16-26(34)37)22-11-7-9-19-8-5-6-10-21(19)22/h5-14,25,27-29,36H,15-17H2,1-4H3/p+1/t25-,27+,28-,29+,34-/m0/s1. The zero-order valence-corrected chi connectivity index (χ0v) is 23.8. The smallest absolute Gasteiger partial charge is 0.363 e. The van der Waals surface area contributed by atoms with Crippen molar-refractivity contribution < 1.29 is 29.3 Å². The Morgan fingerprint density at radius 1 is 1.07 bits per heavy atom. The first kappa shape index (κ1) is 28.4. The topological polar surface area (TPSA) is 104 Å². The van der Waals surface area contributed by atoms with Gasteiger partial charge in [0, 0.05) is 16.5 Å². The van der Waals surface area contributed by atoms with Crippen LogP contribution in [-0.2, 0) is 19.1 Å². The highest BCUT2D eigenvalue weighted by Gasteiger charge is 2.62. The molecule has 0 aromatic heterocycles. The second kappa shape index (κ2) is 10.4. The molecule has 0 bridgehead atoms. The van der Waals surface area contributed by atoms with Crippen molar-refractivity contribution in [2.75, 3.05) is 19.7 Å². The van der Waals surface area contributed by atoms with Crippen LogP contribution in [-0.4, -0.2) is 64.7 Å². The number of carboxylic acids is 1. The van der Waals surface area contributed by atoms with Crippen molar-refractivity contribution >= 4 is 45.7 Å². The van der Waals surface area contributed by atoms with Crippen LogP contribution in [0.5, 0.6) is 0 Å². The van der Waals surface area contributed by atoms with Crippen molar-refractivity contribution in [1.82, 2.24) is 9.60 Å². The Bertz CT molecular complexity index is 1500. The summed E-state index contributed by atoms with van der Waals surface area (Å²) < 4.78 is 5.87. The number of aliphatic hydroxyl groups is 1. The molecular formula is C31H34ClN2O6+. The van der Waals surface area contributed by atoms with E-state index >= 15 is 0 Å². The molecule has 8 nitrogen and oxygen atoms in total. The summed E-state index contributed by atoms with van der Waals surface area (Å²) in [5.41, 5.74) is 1.52. The number of rotatable bonds is 5. The molecule has 1 saturated heterocycles. The molecular weight excluding hydrogens is 532 g/mol. The molecule has 2 aliphatic rings. The minimum absolute atomic E-state index is 0.174. The zero-order chi connectivity index (χ0) is 29.0. The number of benzene rings is 3. The summed E-state index contributed by atoms with van der Waals surface area (Å²) in [5, 5.41) is 25.3. The van der Waals surface area contributed by atoms with Gasteiger partial charge < -0.3 is 14.9 Å². The van der Waals surface area contributed by atoms with E-state index in [1.807, 2.05) is 63.2 Å². The van der Waals surface area contributed by atoms with Crippen LogP contribution in [0.4, 0.5) is 5.69 Å². The van der Waals surface area contributed by atoms with Crippen LogP contribution in [0.2, 0.25) is 5.02 Å². The third-order valence-corrected chi connectivity index (χ3v) is 8.11. The van der Waals surface area contributed by atoms with Crippen LogP contribution in [0.15, 0.2) is 60.7 Å². The maximum atomic E-state index is 14.5.